The molecular weight excluding hydrogens is 252 g/mol. The summed E-state index contributed by atoms with van der Waals surface area (Å²) in [5, 5.41) is 12.6. The third-order valence-electron chi connectivity index (χ3n) is 2.45. The summed E-state index contributed by atoms with van der Waals surface area (Å²) in [7, 11) is 1.87. The molecule has 0 unspecified atom stereocenters. The summed E-state index contributed by atoms with van der Waals surface area (Å²) >= 11 is 1.65. The van der Waals surface area contributed by atoms with Gasteiger partial charge in [-0.25, -0.2) is 4.98 Å². The van der Waals surface area contributed by atoms with Crippen molar-refractivity contribution in [2.75, 3.05) is 17.7 Å². The van der Waals surface area contributed by atoms with Crippen molar-refractivity contribution >= 4 is 28.7 Å². The summed E-state index contributed by atoms with van der Waals surface area (Å²) in [6.07, 6.45) is 0. The molecule has 0 aromatic carbocycles. The van der Waals surface area contributed by atoms with Gasteiger partial charge in [-0.1, -0.05) is 6.07 Å². The van der Waals surface area contributed by atoms with Crippen LogP contribution in [0, 0.1) is 10.1 Å². The highest BCUT2D eigenvalue weighted by Crippen LogP contribution is 2.23. The smallest absolute Gasteiger partial charge is 0.311 e. The maximum atomic E-state index is 10.6. The first kappa shape index (κ1) is 12.3. The van der Waals surface area contributed by atoms with Crippen LogP contribution in [-0.2, 0) is 6.54 Å². The molecular formula is C11H12N4O2S. The molecule has 0 bridgehead atoms. The van der Waals surface area contributed by atoms with Crippen LogP contribution in [0.3, 0.4) is 0 Å². The van der Waals surface area contributed by atoms with Gasteiger partial charge in [-0.05, 0) is 17.5 Å². The SMILES string of the molecule is CN(Cc1cccs1)c1ccc([N+](=O)[O-])c(N)n1. The van der Waals surface area contributed by atoms with E-state index in [0.29, 0.717) is 12.4 Å². The quantitative estimate of drug-likeness (QED) is 0.676. The average molecular weight is 264 g/mol. The molecule has 0 saturated heterocycles. The lowest BCUT2D eigenvalue weighted by Gasteiger charge is -2.17. The number of nitro groups is 1. The normalized spacial score (nSPS) is 10.3. The van der Waals surface area contributed by atoms with Gasteiger partial charge < -0.3 is 10.6 Å². The lowest BCUT2D eigenvalue weighted by atomic mass is 10.3. The van der Waals surface area contributed by atoms with Crippen molar-refractivity contribution in [3.8, 4) is 0 Å². The Bertz CT molecular complexity index is 556. The molecule has 0 radical (unpaired) electrons. The van der Waals surface area contributed by atoms with Crippen LogP contribution in [0.25, 0.3) is 0 Å². The van der Waals surface area contributed by atoms with E-state index in [0.717, 1.165) is 0 Å². The van der Waals surface area contributed by atoms with E-state index in [9.17, 15) is 10.1 Å². The fourth-order valence-corrected chi connectivity index (χ4v) is 2.30. The molecule has 2 aromatic heterocycles. The Labute approximate surface area is 108 Å². The van der Waals surface area contributed by atoms with Crippen molar-refractivity contribution < 1.29 is 4.92 Å². The van der Waals surface area contributed by atoms with Crippen molar-refractivity contribution in [2.45, 2.75) is 6.54 Å². The van der Waals surface area contributed by atoms with Crippen molar-refractivity contribution in [1.82, 2.24) is 4.98 Å². The predicted molar refractivity (Wildman–Crippen MR) is 71.7 cm³/mol. The van der Waals surface area contributed by atoms with Crippen LogP contribution < -0.4 is 10.6 Å². The van der Waals surface area contributed by atoms with Crippen LogP contribution in [0.4, 0.5) is 17.3 Å². The number of nitrogens with two attached hydrogens (primary N) is 1. The van der Waals surface area contributed by atoms with Gasteiger partial charge >= 0.3 is 5.69 Å². The number of rotatable bonds is 4. The Kier molecular flexibility index (Phi) is 3.42. The summed E-state index contributed by atoms with van der Waals surface area (Å²) < 4.78 is 0. The van der Waals surface area contributed by atoms with Gasteiger partial charge in [-0.3, -0.25) is 10.1 Å². The molecule has 94 valence electrons. The first-order valence-corrected chi connectivity index (χ1v) is 6.10. The zero-order valence-electron chi connectivity index (χ0n) is 9.74. The van der Waals surface area contributed by atoms with Gasteiger partial charge in [-0.2, -0.15) is 0 Å². The van der Waals surface area contributed by atoms with Crippen LogP contribution >= 0.6 is 11.3 Å². The summed E-state index contributed by atoms with van der Waals surface area (Å²) in [5.74, 6) is 0.557. The van der Waals surface area contributed by atoms with Gasteiger partial charge in [-0.15, -0.1) is 11.3 Å². The molecule has 2 N–H and O–H groups in total. The Hall–Kier alpha value is -2.15. The number of hydrogen-bond acceptors (Lipinski definition) is 6. The molecule has 0 atom stereocenters. The number of nitrogen functional groups attached to an aromatic ring is 1. The topological polar surface area (TPSA) is 85.3 Å². The standard InChI is InChI=1S/C11H12N4O2S/c1-14(7-8-3-2-6-18-8)10-5-4-9(15(16)17)11(12)13-10/h2-6H,7H2,1H3,(H2,12,13). The second-order valence-corrected chi connectivity index (χ2v) is 4.80. The first-order valence-electron chi connectivity index (χ1n) is 5.22. The molecule has 6 nitrogen and oxygen atoms in total. The number of anilines is 2. The average Bonchev–Trinajstić information content (AvgIpc) is 2.81. The van der Waals surface area contributed by atoms with Crippen molar-refractivity contribution in [2.24, 2.45) is 0 Å². The number of hydrogen-bond donors (Lipinski definition) is 1. The van der Waals surface area contributed by atoms with E-state index in [-0.39, 0.29) is 11.5 Å². The van der Waals surface area contributed by atoms with Crippen LogP contribution in [0.2, 0.25) is 0 Å². The first-order chi connectivity index (χ1) is 8.58. The molecule has 7 heteroatoms. The molecule has 18 heavy (non-hydrogen) atoms. The molecule has 2 heterocycles. The number of thiophene rings is 1. The number of nitrogens with zero attached hydrogens (tertiary/aromatic N) is 3. The lowest BCUT2D eigenvalue weighted by Crippen LogP contribution is -2.17. The van der Waals surface area contributed by atoms with E-state index in [1.165, 1.54) is 10.9 Å². The molecule has 0 fully saturated rings. The minimum absolute atomic E-state index is 0.0597. The summed E-state index contributed by atoms with van der Waals surface area (Å²) in [5.41, 5.74) is 5.39. The highest BCUT2D eigenvalue weighted by Gasteiger charge is 2.14. The number of aromatic nitrogens is 1. The Morgan fingerprint density at radius 3 is 2.83 bits per heavy atom. The van der Waals surface area contributed by atoms with Crippen LogP contribution in [0.15, 0.2) is 29.6 Å². The highest BCUT2D eigenvalue weighted by molar-refractivity contribution is 7.09. The van der Waals surface area contributed by atoms with Crippen LogP contribution in [0.5, 0.6) is 0 Å². The third-order valence-corrected chi connectivity index (χ3v) is 3.31. The third kappa shape index (κ3) is 2.57. The Balaban J connectivity index is 2.18. The molecule has 0 aliphatic carbocycles. The predicted octanol–water partition coefficient (Wildman–Crippen LogP) is 2.27. The summed E-state index contributed by atoms with van der Waals surface area (Å²) in [6, 6.07) is 6.98. The van der Waals surface area contributed by atoms with Crippen LogP contribution in [0.1, 0.15) is 4.88 Å². The van der Waals surface area contributed by atoms with Crippen molar-refractivity contribution in [3.63, 3.8) is 0 Å². The van der Waals surface area contributed by atoms with Crippen LogP contribution in [-0.4, -0.2) is 17.0 Å². The van der Waals surface area contributed by atoms with Gasteiger partial charge in [0.05, 0.1) is 11.5 Å². The second-order valence-electron chi connectivity index (χ2n) is 3.77. The second kappa shape index (κ2) is 5.01. The summed E-state index contributed by atoms with van der Waals surface area (Å²) in [4.78, 5) is 17.2. The Morgan fingerprint density at radius 1 is 1.50 bits per heavy atom. The maximum Gasteiger partial charge on any atom is 0.311 e. The van der Waals surface area contributed by atoms with Gasteiger partial charge in [0.1, 0.15) is 5.82 Å². The highest BCUT2D eigenvalue weighted by atomic mass is 32.1. The van der Waals surface area contributed by atoms with Gasteiger partial charge in [0.25, 0.3) is 0 Å². The van der Waals surface area contributed by atoms with Crippen molar-refractivity contribution in [3.05, 3.63) is 44.6 Å². The molecule has 2 aromatic rings. The number of pyridine rings is 1. The van der Waals surface area contributed by atoms with E-state index < -0.39 is 4.92 Å². The minimum atomic E-state index is -0.536. The monoisotopic (exact) mass is 264 g/mol. The van der Waals surface area contributed by atoms with E-state index in [2.05, 4.69) is 4.98 Å². The minimum Gasteiger partial charge on any atom is -0.378 e. The van der Waals surface area contributed by atoms with Crippen molar-refractivity contribution in [1.29, 1.82) is 0 Å². The molecule has 0 aliphatic rings. The molecule has 2 rings (SSSR count). The fourth-order valence-electron chi connectivity index (χ4n) is 1.54. The maximum absolute atomic E-state index is 10.6. The molecule has 0 aliphatic heterocycles. The van der Waals surface area contributed by atoms with Gasteiger partial charge in [0.15, 0.2) is 0 Å². The Morgan fingerprint density at radius 2 is 2.28 bits per heavy atom. The van der Waals surface area contributed by atoms with E-state index >= 15 is 0 Å². The summed E-state index contributed by atoms with van der Waals surface area (Å²) in [6.45, 7) is 0.696. The van der Waals surface area contributed by atoms with Gasteiger partial charge in [0, 0.05) is 18.0 Å². The zero-order chi connectivity index (χ0) is 13.1. The lowest BCUT2D eigenvalue weighted by molar-refractivity contribution is -0.384. The van der Waals surface area contributed by atoms with E-state index in [4.69, 9.17) is 5.73 Å². The largest absolute Gasteiger partial charge is 0.378 e. The molecule has 0 saturated carbocycles. The van der Waals surface area contributed by atoms with E-state index in [1.54, 1.807) is 17.4 Å². The molecule has 0 amide bonds. The zero-order valence-corrected chi connectivity index (χ0v) is 10.6. The van der Waals surface area contributed by atoms with E-state index in [1.807, 2.05) is 29.5 Å². The van der Waals surface area contributed by atoms with Gasteiger partial charge in [0.2, 0.25) is 5.82 Å². The molecule has 0 spiro atoms. The fraction of sp³-hybridized carbons (Fsp3) is 0.182.